The zero-order chi connectivity index (χ0) is 13.0. The quantitative estimate of drug-likeness (QED) is 0.769. The summed E-state index contributed by atoms with van der Waals surface area (Å²) in [5.41, 5.74) is 0.541. The Morgan fingerprint density at radius 2 is 1.89 bits per heavy atom. The molecule has 18 heavy (non-hydrogen) atoms. The average Bonchev–Trinajstić information content (AvgIpc) is 2.87. The van der Waals surface area contributed by atoms with Gasteiger partial charge in [-0.05, 0) is 31.4 Å². The summed E-state index contributed by atoms with van der Waals surface area (Å²) in [7, 11) is 1.38. The number of ether oxygens (including phenoxy) is 2. The van der Waals surface area contributed by atoms with Crippen LogP contribution in [0.2, 0.25) is 0 Å². The molecule has 4 heteroatoms. The van der Waals surface area contributed by atoms with Gasteiger partial charge in [0.05, 0.1) is 18.6 Å². The molecule has 0 spiro atoms. The number of rotatable bonds is 3. The topological polar surface area (TPSA) is 52.6 Å². The Hall–Kier alpha value is -1.84. The predicted octanol–water partition coefficient (Wildman–Crippen LogP) is 2.19. The minimum Gasteiger partial charge on any atom is -0.469 e. The molecule has 0 aromatic heterocycles. The van der Waals surface area contributed by atoms with E-state index in [0.29, 0.717) is 12.0 Å². The average molecular weight is 248 g/mol. The summed E-state index contributed by atoms with van der Waals surface area (Å²) >= 11 is 0. The Kier molecular flexibility index (Phi) is 3.97. The van der Waals surface area contributed by atoms with Crippen LogP contribution in [0.1, 0.15) is 29.6 Å². The summed E-state index contributed by atoms with van der Waals surface area (Å²) in [5, 5.41) is 0. The third kappa shape index (κ3) is 2.88. The fourth-order valence-corrected chi connectivity index (χ4v) is 2.22. The molecule has 2 rings (SSSR count). The second-order valence-electron chi connectivity index (χ2n) is 4.43. The molecule has 0 saturated heterocycles. The largest absolute Gasteiger partial charge is 0.469 e. The highest BCUT2D eigenvalue weighted by Gasteiger charge is 2.32. The van der Waals surface area contributed by atoms with Crippen LogP contribution in [0.15, 0.2) is 30.3 Å². The van der Waals surface area contributed by atoms with Crippen molar-refractivity contribution in [2.75, 3.05) is 7.11 Å². The molecular formula is C14H16O4. The molecule has 0 radical (unpaired) electrons. The standard InChI is InChI=1S/C14H16O4/c1-17-13(15)11-7-8-12(9-11)18-14(16)10-5-3-2-4-6-10/h2-6,11-12H,7-9H2,1H3. The molecule has 1 saturated carbocycles. The molecule has 4 nitrogen and oxygen atoms in total. The zero-order valence-electron chi connectivity index (χ0n) is 10.3. The van der Waals surface area contributed by atoms with Gasteiger partial charge in [-0.2, -0.15) is 0 Å². The monoisotopic (exact) mass is 248 g/mol. The number of carbonyl (C=O) groups is 2. The van der Waals surface area contributed by atoms with Gasteiger partial charge in [-0.3, -0.25) is 4.79 Å². The van der Waals surface area contributed by atoms with E-state index in [4.69, 9.17) is 9.47 Å². The molecule has 0 aliphatic heterocycles. The van der Waals surface area contributed by atoms with Gasteiger partial charge in [0.25, 0.3) is 0 Å². The summed E-state index contributed by atoms with van der Waals surface area (Å²) in [6.07, 6.45) is 1.82. The summed E-state index contributed by atoms with van der Waals surface area (Å²) in [6.45, 7) is 0. The molecule has 2 unspecified atom stereocenters. The van der Waals surface area contributed by atoms with Crippen molar-refractivity contribution in [3.05, 3.63) is 35.9 Å². The molecule has 0 bridgehead atoms. The second-order valence-corrected chi connectivity index (χ2v) is 4.43. The highest BCUT2D eigenvalue weighted by molar-refractivity contribution is 5.89. The molecule has 2 atom stereocenters. The number of carbonyl (C=O) groups excluding carboxylic acids is 2. The molecule has 1 aromatic rings. The molecule has 1 aromatic carbocycles. The van der Waals surface area contributed by atoms with Crippen molar-refractivity contribution in [3.63, 3.8) is 0 Å². The number of methoxy groups -OCH3 is 1. The van der Waals surface area contributed by atoms with E-state index < -0.39 is 0 Å². The maximum atomic E-state index is 11.8. The van der Waals surface area contributed by atoms with Gasteiger partial charge >= 0.3 is 11.9 Å². The molecule has 1 fully saturated rings. The lowest BCUT2D eigenvalue weighted by Crippen LogP contribution is -2.18. The fourth-order valence-electron chi connectivity index (χ4n) is 2.22. The van der Waals surface area contributed by atoms with E-state index in [0.717, 1.165) is 12.8 Å². The summed E-state index contributed by atoms with van der Waals surface area (Å²) in [5.74, 6) is -0.678. The minimum absolute atomic E-state index is 0.136. The van der Waals surface area contributed by atoms with Crippen molar-refractivity contribution < 1.29 is 19.1 Å². The van der Waals surface area contributed by atoms with E-state index in [1.54, 1.807) is 24.3 Å². The van der Waals surface area contributed by atoms with Crippen LogP contribution in [0, 0.1) is 5.92 Å². The van der Waals surface area contributed by atoms with E-state index in [2.05, 4.69) is 0 Å². The normalized spacial score (nSPS) is 22.5. The summed E-state index contributed by atoms with van der Waals surface area (Å²) in [4.78, 5) is 23.2. The molecule has 96 valence electrons. The number of hydrogen-bond donors (Lipinski definition) is 0. The van der Waals surface area contributed by atoms with Crippen molar-refractivity contribution in [3.8, 4) is 0 Å². The van der Waals surface area contributed by atoms with Crippen molar-refractivity contribution in [1.82, 2.24) is 0 Å². The third-order valence-corrected chi connectivity index (χ3v) is 3.20. The van der Waals surface area contributed by atoms with Crippen LogP contribution >= 0.6 is 0 Å². The second kappa shape index (κ2) is 5.67. The van der Waals surface area contributed by atoms with Crippen LogP contribution in [-0.2, 0) is 14.3 Å². The van der Waals surface area contributed by atoms with Crippen molar-refractivity contribution in [2.24, 2.45) is 5.92 Å². The van der Waals surface area contributed by atoms with Gasteiger partial charge in [0.15, 0.2) is 0 Å². The first-order valence-electron chi connectivity index (χ1n) is 6.04. The molecule has 1 aliphatic carbocycles. The van der Waals surface area contributed by atoms with Gasteiger partial charge in [0, 0.05) is 0 Å². The van der Waals surface area contributed by atoms with Gasteiger partial charge in [-0.1, -0.05) is 18.2 Å². The van der Waals surface area contributed by atoms with E-state index in [-0.39, 0.29) is 24.0 Å². The van der Waals surface area contributed by atoms with Gasteiger partial charge in [0.1, 0.15) is 6.10 Å². The van der Waals surface area contributed by atoms with Crippen molar-refractivity contribution >= 4 is 11.9 Å². The van der Waals surface area contributed by atoms with Gasteiger partial charge in [0.2, 0.25) is 0 Å². The maximum absolute atomic E-state index is 11.8. The Morgan fingerprint density at radius 1 is 1.17 bits per heavy atom. The molecular weight excluding hydrogens is 232 g/mol. The molecule has 1 aliphatic rings. The molecule has 0 heterocycles. The van der Waals surface area contributed by atoms with Crippen LogP contribution in [-0.4, -0.2) is 25.2 Å². The lowest BCUT2D eigenvalue weighted by atomic mass is 10.1. The first kappa shape index (κ1) is 12.6. The zero-order valence-corrected chi connectivity index (χ0v) is 10.3. The third-order valence-electron chi connectivity index (χ3n) is 3.20. The van der Waals surface area contributed by atoms with E-state index >= 15 is 0 Å². The maximum Gasteiger partial charge on any atom is 0.338 e. The van der Waals surface area contributed by atoms with Crippen LogP contribution in [0.5, 0.6) is 0 Å². The lowest BCUT2D eigenvalue weighted by molar-refractivity contribution is -0.145. The SMILES string of the molecule is COC(=O)C1CCC(OC(=O)c2ccccc2)C1. The van der Waals surface area contributed by atoms with E-state index in [9.17, 15) is 9.59 Å². The lowest BCUT2D eigenvalue weighted by Gasteiger charge is -2.12. The van der Waals surface area contributed by atoms with Gasteiger partial charge in [-0.15, -0.1) is 0 Å². The van der Waals surface area contributed by atoms with E-state index in [1.807, 2.05) is 6.07 Å². The van der Waals surface area contributed by atoms with Crippen molar-refractivity contribution in [2.45, 2.75) is 25.4 Å². The van der Waals surface area contributed by atoms with Crippen molar-refractivity contribution in [1.29, 1.82) is 0 Å². The fraction of sp³-hybridized carbons (Fsp3) is 0.429. The minimum atomic E-state index is -0.328. The van der Waals surface area contributed by atoms with Crippen LogP contribution in [0.3, 0.4) is 0 Å². The summed E-state index contributed by atoms with van der Waals surface area (Å²) < 4.78 is 10.1. The Bertz CT molecular complexity index is 427. The highest BCUT2D eigenvalue weighted by atomic mass is 16.5. The number of benzene rings is 1. The van der Waals surface area contributed by atoms with Crippen LogP contribution in [0.4, 0.5) is 0 Å². The molecule has 0 N–H and O–H groups in total. The number of esters is 2. The number of hydrogen-bond acceptors (Lipinski definition) is 4. The molecule has 0 amide bonds. The van der Waals surface area contributed by atoms with Gasteiger partial charge < -0.3 is 9.47 Å². The van der Waals surface area contributed by atoms with Crippen LogP contribution in [0.25, 0.3) is 0 Å². The Labute approximate surface area is 106 Å². The summed E-state index contributed by atoms with van der Waals surface area (Å²) in [6, 6.07) is 8.87. The smallest absolute Gasteiger partial charge is 0.338 e. The first-order chi connectivity index (χ1) is 8.70. The van der Waals surface area contributed by atoms with Crippen LogP contribution < -0.4 is 0 Å². The van der Waals surface area contributed by atoms with Gasteiger partial charge in [-0.25, -0.2) is 4.79 Å². The Balaban J connectivity index is 1.89. The highest BCUT2D eigenvalue weighted by Crippen LogP contribution is 2.29. The van der Waals surface area contributed by atoms with E-state index in [1.165, 1.54) is 7.11 Å². The predicted molar refractivity (Wildman–Crippen MR) is 65.0 cm³/mol. The Morgan fingerprint density at radius 3 is 2.56 bits per heavy atom. The first-order valence-corrected chi connectivity index (χ1v) is 6.04.